The van der Waals surface area contributed by atoms with Gasteiger partial charge in [-0.2, -0.15) is 0 Å². The number of ether oxygens (including phenoxy) is 1. The predicted molar refractivity (Wildman–Crippen MR) is 75.2 cm³/mol. The monoisotopic (exact) mass is 282 g/mol. The van der Waals surface area contributed by atoms with Gasteiger partial charge >= 0.3 is 0 Å². The van der Waals surface area contributed by atoms with Crippen molar-refractivity contribution in [3.8, 4) is 5.75 Å². The van der Waals surface area contributed by atoms with E-state index in [1.807, 2.05) is 12.1 Å². The first-order valence-corrected chi connectivity index (χ1v) is 7.27. The zero-order valence-corrected chi connectivity index (χ0v) is 11.6. The van der Waals surface area contributed by atoms with Crippen LogP contribution in [0.4, 0.5) is 0 Å². The first-order valence-electron chi connectivity index (χ1n) is 6.12. The van der Waals surface area contributed by atoms with E-state index in [1.165, 1.54) is 0 Å². The molecule has 0 saturated carbocycles. The lowest BCUT2D eigenvalue weighted by Gasteiger charge is -2.16. The van der Waals surface area contributed by atoms with Crippen molar-refractivity contribution in [3.63, 3.8) is 0 Å². The molecule has 1 aromatic rings. The summed E-state index contributed by atoms with van der Waals surface area (Å²) in [6.45, 7) is 0.183. The van der Waals surface area contributed by atoms with Gasteiger partial charge in [-0.15, -0.1) is 11.8 Å². The lowest BCUT2D eigenvalue weighted by atomic mass is 10.1. The highest BCUT2D eigenvalue weighted by molar-refractivity contribution is 7.99. The van der Waals surface area contributed by atoms with Crippen molar-refractivity contribution in [1.82, 2.24) is 10.6 Å². The zero-order chi connectivity index (χ0) is 13.7. The molecule has 2 atom stereocenters. The van der Waals surface area contributed by atoms with E-state index in [2.05, 4.69) is 10.6 Å². The standard InChI is InChI=1S/C13H18N2O3S/c1-18-12-5-3-2-4-9(12)11(16)6-14-13(17)10-7-19-8-15-10/h2-5,10-11,15-16H,6-8H2,1H3,(H,14,17)/t10-,11-/m0/s1. The second-order valence-electron chi connectivity index (χ2n) is 4.27. The molecule has 1 aromatic carbocycles. The SMILES string of the molecule is COc1ccccc1[C@@H](O)CNC(=O)[C@@H]1CSCN1. The van der Waals surface area contributed by atoms with Crippen molar-refractivity contribution >= 4 is 17.7 Å². The third-order valence-electron chi connectivity index (χ3n) is 3.00. The zero-order valence-electron chi connectivity index (χ0n) is 10.8. The van der Waals surface area contributed by atoms with Crippen molar-refractivity contribution in [2.24, 2.45) is 0 Å². The Kier molecular flexibility index (Phi) is 5.07. The first-order chi connectivity index (χ1) is 9.22. The molecule has 1 saturated heterocycles. The van der Waals surface area contributed by atoms with E-state index in [0.717, 1.165) is 11.6 Å². The third kappa shape index (κ3) is 3.62. The topological polar surface area (TPSA) is 70.6 Å². The molecule has 1 aliphatic heterocycles. The molecule has 2 rings (SSSR count). The highest BCUT2D eigenvalue weighted by Gasteiger charge is 2.23. The fourth-order valence-electron chi connectivity index (χ4n) is 1.94. The number of amides is 1. The maximum absolute atomic E-state index is 11.8. The van der Waals surface area contributed by atoms with Crippen LogP contribution in [0.5, 0.6) is 5.75 Å². The molecule has 0 radical (unpaired) electrons. The van der Waals surface area contributed by atoms with E-state index in [9.17, 15) is 9.90 Å². The molecular weight excluding hydrogens is 264 g/mol. The quantitative estimate of drug-likeness (QED) is 0.734. The number of hydrogen-bond donors (Lipinski definition) is 3. The van der Waals surface area contributed by atoms with Gasteiger partial charge in [0.15, 0.2) is 0 Å². The molecule has 19 heavy (non-hydrogen) atoms. The van der Waals surface area contributed by atoms with Crippen LogP contribution in [0.15, 0.2) is 24.3 Å². The van der Waals surface area contributed by atoms with Crippen molar-refractivity contribution in [2.45, 2.75) is 12.1 Å². The summed E-state index contributed by atoms with van der Waals surface area (Å²) in [5.74, 6) is 2.13. The molecule has 5 nitrogen and oxygen atoms in total. The van der Waals surface area contributed by atoms with E-state index in [1.54, 1.807) is 31.0 Å². The normalized spacial score (nSPS) is 20.0. The van der Waals surface area contributed by atoms with Crippen molar-refractivity contribution in [1.29, 1.82) is 0 Å². The molecule has 1 aliphatic rings. The van der Waals surface area contributed by atoms with Crippen LogP contribution in [0.2, 0.25) is 0 Å². The van der Waals surface area contributed by atoms with E-state index in [0.29, 0.717) is 11.3 Å². The second kappa shape index (κ2) is 6.79. The van der Waals surface area contributed by atoms with Crippen LogP contribution in [0, 0.1) is 0 Å². The van der Waals surface area contributed by atoms with Crippen molar-refractivity contribution in [3.05, 3.63) is 29.8 Å². The summed E-state index contributed by atoms with van der Waals surface area (Å²) in [7, 11) is 1.56. The Morgan fingerprint density at radius 3 is 3.11 bits per heavy atom. The molecule has 3 N–H and O–H groups in total. The van der Waals surface area contributed by atoms with E-state index in [4.69, 9.17) is 4.74 Å². The number of thioether (sulfide) groups is 1. The van der Waals surface area contributed by atoms with Crippen LogP contribution in [-0.2, 0) is 4.79 Å². The Morgan fingerprint density at radius 2 is 2.42 bits per heavy atom. The molecule has 0 unspecified atom stereocenters. The summed E-state index contributed by atoms with van der Waals surface area (Å²) in [5, 5.41) is 15.9. The van der Waals surface area contributed by atoms with Gasteiger partial charge in [-0.1, -0.05) is 18.2 Å². The van der Waals surface area contributed by atoms with Gasteiger partial charge in [0.25, 0.3) is 0 Å². The average molecular weight is 282 g/mol. The van der Waals surface area contributed by atoms with E-state index in [-0.39, 0.29) is 18.5 Å². The van der Waals surface area contributed by atoms with Crippen LogP contribution >= 0.6 is 11.8 Å². The van der Waals surface area contributed by atoms with Crippen LogP contribution in [0.3, 0.4) is 0 Å². The van der Waals surface area contributed by atoms with Crippen LogP contribution in [0.1, 0.15) is 11.7 Å². The van der Waals surface area contributed by atoms with Crippen molar-refractivity contribution in [2.75, 3.05) is 25.3 Å². The number of para-hydroxylation sites is 1. The number of rotatable bonds is 5. The summed E-state index contributed by atoms with van der Waals surface area (Å²) in [5.41, 5.74) is 0.680. The third-order valence-corrected chi connectivity index (χ3v) is 3.94. The highest BCUT2D eigenvalue weighted by Crippen LogP contribution is 2.24. The summed E-state index contributed by atoms with van der Waals surface area (Å²) in [6, 6.07) is 7.09. The van der Waals surface area contributed by atoms with Crippen LogP contribution in [0.25, 0.3) is 0 Å². The number of carbonyl (C=O) groups excluding carboxylic acids is 1. The van der Waals surface area contributed by atoms with Gasteiger partial charge in [0.05, 0.1) is 19.3 Å². The van der Waals surface area contributed by atoms with Gasteiger partial charge in [-0.05, 0) is 6.07 Å². The lowest BCUT2D eigenvalue weighted by molar-refractivity contribution is -0.122. The number of benzene rings is 1. The van der Waals surface area contributed by atoms with Gasteiger partial charge < -0.3 is 15.2 Å². The Balaban J connectivity index is 1.89. The number of aliphatic hydroxyl groups excluding tert-OH is 1. The summed E-state index contributed by atoms with van der Waals surface area (Å²) in [6.07, 6.45) is -0.769. The maximum Gasteiger partial charge on any atom is 0.238 e. The Labute approximate surface area is 116 Å². The lowest BCUT2D eigenvalue weighted by Crippen LogP contribution is -2.43. The average Bonchev–Trinajstić information content (AvgIpc) is 2.98. The molecule has 1 fully saturated rings. The molecule has 0 aliphatic carbocycles. The largest absolute Gasteiger partial charge is 0.496 e. The van der Waals surface area contributed by atoms with Gasteiger partial charge in [0, 0.05) is 23.7 Å². The molecule has 1 heterocycles. The number of aliphatic hydroxyl groups is 1. The molecule has 0 spiro atoms. The Bertz CT molecular complexity index is 436. The molecular formula is C13H18N2O3S. The van der Waals surface area contributed by atoms with Crippen molar-refractivity contribution < 1.29 is 14.6 Å². The van der Waals surface area contributed by atoms with Gasteiger partial charge in [-0.3, -0.25) is 10.1 Å². The summed E-state index contributed by atoms with van der Waals surface area (Å²) < 4.78 is 5.18. The fourth-order valence-corrected chi connectivity index (χ4v) is 2.88. The van der Waals surface area contributed by atoms with E-state index < -0.39 is 6.10 Å². The van der Waals surface area contributed by atoms with Crippen LogP contribution < -0.4 is 15.4 Å². The van der Waals surface area contributed by atoms with Crippen LogP contribution in [-0.4, -0.2) is 42.3 Å². The number of nitrogens with one attached hydrogen (secondary N) is 2. The number of methoxy groups -OCH3 is 1. The maximum atomic E-state index is 11.8. The van der Waals surface area contributed by atoms with E-state index >= 15 is 0 Å². The van der Waals surface area contributed by atoms with Gasteiger partial charge in [-0.25, -0.2) is 0 Å². The number of hydrogen-bond acceptors (Lipinski definition) is 5. The minimum atomic E-state index is -0.769. The molecule has 6 heteroatoms. The Hall–Kier alpha value is -1.24. The molecule has 1 amide bonds. The number of carbonyl (C=O) groups is 1. The minimum absolute atomic E-state index is 0.0704. The fraction of sp³-hybridized carbons (Fsp3) is 0.462. The Morgan fingerprint density at radius 1 is 1.63 bits per heavy atom. The van der Waals surface area contributed by atoms with Gasteiger partial charge in [0.2, 0.25) is 5.91 Å². The first kappa shape index (κ1) is 14.2. The van der Waals surface area contributed by atoms with Gasteiger partial charge in [0.1, 0.15) is 5.75 Å². The smallest absolute Gasteiger partial charge is 0.238 e. The highest BCUT2D eigenvalue weighted by atomic mass is 32.2. The minimum Gasteiger partial charge on any atom is -0.496 e. The summed E-state index contributed by atoms with van der Waals surface area (Å²) in [4.78, 5) is 11.8. The predicted octanol–water partition coefficient (Wildman–Crippen LogP) is 0.507. The molecule has 0 bridgehead atoms. The summed E-state index contributed by atoms with van der Waals surface area (Å²) >= 11 is 1.69. The second-order valence-corrected chi connectivity index (χ2v) is 5.30. The molecule has 104 valence electrons. The molecule has 0 aromatic heterocycles.